The molecule has 0 saturated heterocycles. The van der Waals surface area contributed by atoms with E-state index in [0.717, 1.165) is 17.3 Å². The molecular formula is C19H21F3N2O4. The van der Waals surface area contributed by atoms with Crippen molar-refractivity contribution in [1.29, 1.82) is 0 Å². The molecule has 0 radical (unpaired) electrons. The third-order valence-electron chi connectivity index (χ3n) is 3.97. The Hall–Kier alpha value is -2.97. The Morgan fingerprint density at radius 3 is 2.36 bits per heavy atom. The zero-order valence-corrected chi connectivity index (χ0v) is 15.9. The largest absolute Gasteiger partial charge is 0.493 e. The van der Waals surface area contributed by atoms with Crippen LogP contribution in [0.5, 0.6) is 17.4 Å². The van der Waals surface area contributed by atoms with E-state index < -0.39 is 18.7 Å². The van der Waals surface area contributed by atoms with E-state index in [9.17, 15) is 18.0 Å². The second-order valence-corrected chi connectivity index (χ2v) is 6.05. The molecule has 1 unspecified atom stereocenters. The van der Waals surface area contributed by atoms with Crippen LogP contribution in [0.1, 0.15) is 34.5 Å². The summed E-state index contributed by atoms with van der Waals surface area (Å²) < 4.78 is 51.5. The molecule has 9 heteroatoms. The minimum absolute atomic E-state index is 0.198. The molecule has 0 aliphatic carbocycles. The lowest BCUT2D eigenvalue weighted by molar-refractivity contribution is -0.154. The highest BCUT2D eigenvalue weighted by Crippen LogP contribution is 2.33. The number of nitrogens with zero attached hydrogens (tertiary/aromatic N) is 1. The van der Waals surface area contributed by atoms with Gasteiger partial charge in [-0.3, -0.25) is 4.79 Å². The maximum atomic E-state index is 12.4. The van der Waals surface area contributed by atoms with Crippen LogP contribution in [-0.4, -0.2) is 37.9 Å². The van der Waals surface area contributed by atoms with Crippen molar-refractivity contribution < 1.29 is 32.2 Å². The molecule has 0 fully saturated rings. The fourth-order valence-electron chi connectivity index (χ4n) is 2.58. The number of nitrogens with one attached hydrogen (secondary N) is 1. The summed E-state index contributed by atoms with van der Waals surface area (Å²) in [6.45, 7) is 2.25. The molecule has 0 aliphatic heterocycles. The van der Waals surface area contributed by atoms with Crippen LogP contribution in [0.2, 0.25) is 0 Å². The number of benzene rings is 1. The first kappa shape index (κ1) is 21.3. The fraction of sp³-hybridized carbons (Fsp3) is 0.368. The lowest BCUT2D eigenvalue weighted by atomic mass is 10.0. The van der Waals surface area contributed by atoms with Gasteiger partial charge in [-0.25, -0.2) is 4.98 Å². The lowest BCUT2D eigenvalue weighted by Crippen LogP contribution is -2.27. The number of pyridine rings is 1. The van der Waals surface area contributed by atoms with Gasteiger partial charge in [0.05, 0.1) is 25.8 Å². The summed E-state index contributed by atoms with van der Waals surface area (Å²) in [6, 6.07) is 5.81. The molecule has 1 amide bonds. The summed E-state index contributed by atoms with van der Waals surface area (Å²) in [7, 11) is 3.06. The van der Waals surface area contributed by atoms with Crippen molar-refractivity contribution in [2.75, 3.05) is 20.8 Å². The van der Waals surface area contributed by atoms with Crippen molar-refractivity contribution in [3.63, 3.8) is 0 Å². The molecule has 1 N–H and O–H groups in total. The summed E-state index contributed by atoms with van der Waals surface area (Å²) in [4.78, 5) is 16.1. The number of carbonyl (C=O) groups is 1. The number of amides is 1. The molecule has 1 atom stereocenters. The van der Waals surface area contributed by atoms with Crippen LogP contribution in [0, 0.1) is 6.92 Å². The molecule has 1 aromatic carbocycles. The third kappa shape index (κ3) is 5.51. The van der Waals surface area contributed by atoms with Gasteiger partial charge in [-0.05, 0) is 43.2 Å². The van der Waals surface area contributed by atoms with Crippen molar-refractivity contribution in [3.8, 4) is 17.4 Å². The number of carbonyl (C=O) groups excluding carboxylic acids is 1. The highest BCUT2D eigenvalue weighted by molar-refractivity contribution is 5.94. The minimum atomic E-state index is -4.45. The van der Waals surface area contributed by atoms with Gasteiger partial charge in [-0.1, -0.05) is 0 Å². The zero-order chi connectivity index (χ0) is 20.9. The van der Waals surface area contributed by atoms with Gasteiger partial charge < -0.3 is 19.5 Å². The van der Waals surface area contributed by atoms with Crippen LogP contribution in [0.15, 0.2) is 30.5 Å². The SMILES string of the molecule is COc1cc(C)c(C(C)NC(=O)c2ccc(OCC(F)(F)F)nc2)cc1OC. The lowest BCUT2D eigenvalue weighted by Gasteiger charge is -2.19. The Morgan fingerprint density at radius 1 is 1.18 bits per heavy atom. The molecule has 2 aromatic rings. The molecule has 1 aromatic heterocycles. The number of ether oxygens (including phenoxy) is 3. The van der Waals surface area contributed by atoms with Gasteiger partial charge in [0.15, 0.2) is 18.1 Å². The van der Waals surface area contributed by atoms with Crippen molar-refractivity contribution in [2.24, 2.45) is 0 Å². The Balaban J connectivity index is 2.08. The van der Waals surface area contributed by atoms with E-state index >= 15 is 0 Å². The van der Waals surface area contributed by atoms with Gasteiger partial charge in [-0.15, -0.1) is 0 Å². The molecule has 0 aliphatic rings. The quantitative estimate of drug-likeness (QED) is 0.768. The summed E-state index contributed by atoms with van der Waals surface area (Å²) in [5.74, 6) is 0.493. The van der Waals surface area contributed by atoms with E-state index in [1.165, 1.54) is 26.4 Å². The normalized spacial score (nSPS) is 12.2. The first-order valence-corrected chi connectivity index (χ1v) is 8.33. The Morgan fingerprint density at radius 2 is 1.82 bits per heavy atom. The van der Waals surface area contributed by atoms with Crippen LogP contribution in [-0.2, 0) is 0 Å². The van der Waals surface area contributed by atoms with Crippen LogP contribution in [0.3, 0.4) is 0 Å². The Kier molecular flexibility index (Phi) is 6.71. The number of halogens is 3. The average Bonchev–Trinajstić information content (AvgIpc) is 2.65. The highest BCUT2D eigenvalue weighted by atomic mass is 19.4. The Bertz CT molecular complexity index is 823. The van der Waals surface area contributed by atoms with Gasteiger partial charge >= 0.3 is 6.18 Å². The van der Waals surface area contributed by atoms with E-state index in [0.29, 0.717) is 11.5 Å². The molecule has 2 rings (SSSR count). The summed E-state index contributed by atoms with van der Waals surface area (Å²) >= 11 is 0. The second-order valence-electron chi connectivity index (χ2n) is 6.05. The summed E-state index contributed by atoms with van der Waals surface area (Å²) in [5, 5.41) is 2.82. The third-order valence-corrected chi connectivity index (χ3v) is 3.97. The predicted octanol–water partition coefficient (Wildman–Crippen LogP) is 3.84. The fourth-order valence-corrected chi connectivity index (χ4v) is 2.58. The van der Waals surface area contributed by atoms with Crippen LogP contribution in [0.25, 0.3) is 0 Å². The van der Waals surface area contributed by atoms with E-state index in [-0.39, 0.29) is 17.5 Å². The van der Waals surface area contributed by atoms with Gasteiger partial charge in [-0.2, -0.15) is 13.2 Å². The summed E-state index contributed by atoms with van der Waals surface area (Å²) in [5.41, 5.74) is 1.94. The van der Waals surface area contributed by atoms with Gasteiger partial charge in [0, 0.05) is 12.3 Å². The maximum Gasteiger partial charge on any atom is 0.422 e. The van der Waals surface area contributed by atoms with E-state index in [4.69, 9.17) is 9.47 Å². The van der Waals surface area contributed by atoms with Crippen LogP contribution >= 0.6 is 0 Å². The molecule has 0 spiro atoms. The number of aryl methyl sites for hydroxylation is 1. The first-order valence-electron chi connectivity index (χ1n) is 8.33. The van der Waals surface area contributed by atoms with Crippen LogP contribution in [0.4, 0.5) is 13.2 Å². The number of alkyl halides is 3. The van der Waals surface area contributed by atoms with E-state index in [1.807, 2.05) is 13.0 Å². The minimum Gasteiger partial charge on any atom is -0.493 e. The molecule has 1 heterocycles. The number of hydrogen-bond acceptors (Lipinski definition) is 5. The number of hydrogen-bond donors (Lipinski definition) is 1. The van der Waals surface area contributed by atoms with Crippen molar-refractivity contribution in [2.45, 2.75) is 26.1 Å². The second kappa shape index (κ2) is 8.81. The van der Waals surface area contributed by atoms with Crippen molar-refractivity contribution >= 4 is 5.91 Å². The number of methoxy groups -OCH3 is 2. The number of aromatic nitrogens is 1. The molecular weight excluding hydrogens is 377 g/mol. The molecule has 0 bridgehead atoms. The van der Waals surface area contributed by atoms with Gasteiger partial charge in [0.25, 0.3) is 5.91 Å². The highest BCUT2D eigenvalue weighted by Gasteiger charge is 2.28. The van der Waals surface area contributed by atoms with Crippen molar-refractivity contribution in [1.82, 2.24) is 10.3 Å². The topological polar surface area (TPSA) is 69.7 Å². The van der Waals surface area contributed by atoms with Gasteiger partial charge in [0.1, 0.15) is 0 Å². The standard InChI is InChI=1S/C19H21F3N2O4/c1-11-7-15(26-3)16(27-4)8-14(11)12(2)24-18(25)13-5-6-17(23-9-13)28-10-19(20,21)22/h5-9,12H,10H2,1-4H3,(H,24,25). The van der Waals surface area contributed by atoms with E-state index in [1.54, 1.807) is 13.0 Å². The van der Waals surface area contributed by atoms with Gasteiger partial charge in [0.2, 0.25) is 5.88 Å². The van der Waals surface area contributed by atoms with Crippen LogP contribution < -0.4 is 19.5 Å². The molecule has 152 valence electrons. The maximum absolute atomic E-state index is 12.4. The first-order chi connectivity index (χ1) is 13.1. The molecule has 6 nitrogen and oxygen atoms in total. The monoisotopic (exact) mass is 398 g/mol. The van der Waals surface area contributed by atoms with Crippen molar-refractivity contribution in [3.05, 3.63) is 47.2 Å². The summed E-state index contributed by atoms with van der Waals surface area (Å²) in [6.07, 6.45) is -3.29. The zero-order valence-electron chi connectivity index (χ0n) is 15.9. The molecule has 0 saturated carbocycles. The Labute approximate surface area is 160 Å². The molecule has 28 heavy (non-hydrogen) atoms. The average molecular weight is 398 g/mol. The smallest absolute Gasteiger partial charge is 0.422 e. The van der Waals surface area contributed by atoms with E-state index in [2.05, 4.69) is 15.0 Å². The predicted molar refractivity (Wildman–Crippen MR) is 96.0 cm³/mol. The number of rotatable bonds is 7.